The van der Waals surface area contributed by atoms with E-state index in [1.807, 2.05) is 51.9 Å². The van der Waals surface area contributed by atoms with E-state index in [4.69, 9.17) is 9.72 Å². The number of morpholine rings is 1. The maximum Gasteiger partial charge on any atom is 0.251 e. The molecule has 0 saturated carbocycles. The highest BCUT2D eigenvalue weighted by molar-refractivity contribution is 5.94. The van der Waals surface area contributed by atoms with Gasteiger partial charge in [-0.3, -0.25) is 9.59 Å². The molecule has 2 amide bonds. The van der Waals surface area contributed by atoms with Crippen LogP contribution in [0.25, 0.3) is 11.0 Å². The molecule has 2 heterocycles. The Balaban J connectivity index is 1.47. The van der Waals surface area contributed by atoms with Crippen molar-refractivity contribution in [2.75, 3.05) is 32.8 Å². The van der Waals surface area contributed by atoms with Gasteiger partial charge in [-0.1, -0.05) is 30.3 Å². The number of aromatic nitrogens is 2. The maximum atomic E-state index is 12.8. The van der Waals surface area contributed by atoms with Crippen molar-refractivity contribution >= 4 is 22.8 Å². The molecule has 4 rings (SSSR count). The molecule has 0 radical (unpaired) electrons. The van der Waals surface area contributed by atoms with Crippen molar-refractivity contribution < 1.29 is 14.3 Å². The van der Waals surface area contributed by atoms with Crippen LogP contribution < -0.4 is 5.32 Å². The standard InChI is InChI=1S/C22H24N4O3/c27-21(25-12-14-29-15-13-25)16-26-19-9-5-4-8-18(19)24-20(26)10-11-23-22(28)17-6-2-1-3-7-17/h1-9H,10-16H2,(H,23,28). The van der Waals surface area contributed by atoms with Crippen LogP contribution in [-0.2, 0) is 22.5 Å². The third kappa shape index (κ3) is 4.46. The Hall–Kier alpha value is -3.19. The third-order valence-corrected chi connectivity index (χ3v) is 5.06. The van der Waals surface area contributed by atoms with Gasteiger partial charge < -0.3 is 19.5 Å². The van der Waals surface area contributed by atoms with Crippen molar-refractivity contribution in [1.82, 2.24) is 19.8 Å². The number of carbonyl (C=O) groups is 2. The van der Waals surface area contributed by atoms with Crippen molar-refractivity contribution in [2.24, 2.45) is 0 Å². The molecule has 29 heavy (non-hydrogen) atoms. The predicted octanol–water partition coefficient (Wildman–Crippen LogP) is 1.87. The van der Waals surface area contributed by atoms with Crippen LogP contribution in [0.2, 0.25) is 0 Å². The number of benzene rings is 2. The van der Waals surface area contributed by atoms with Gasteiger partial charge in [-0.05, 0) is 24.3 Å². The minimum atomic E-state index is -0.113. The topological polar surface area (TPSA) is 76.5 Å². The van der Waals surface area contributed by atoms with Crippen LogP contribution in [0, 0.1) is 0 Å². The minimum absolute atomic E-state index is 0.0611. The van der Waals surface area contributed by atoms with Gasteiger partial charge in [0.15, 0.2) is 0 Å². The third-order valence-electron chi connectivity index (χ3n) is 5.06. The Labute approximate surface area is 169 Å². The predicted molar refractivity (Wildman–Crippen MR) is 110 cm³/mol. The smallest absolute Gasteiger partial charge is 0.251 e. The number of ether oxygens (including phenoxy) is 1. The fourth-order valence-electron chi connectivity index (χ4n) is 3.52. The van der Waals surface area contributed by atoms with Gasteiger partial charge in [0, 0.05) is 31.6 Å². The number of hydrogen-bond acceptors (Lipinski definition) is 4. The molecule has 7 heteroatoms. The normalized spacial score (nSPS) is 14.1. The van der Waals surface area contributed by atoms with E-state index in [2.05, 4.69) is 5.32 Å². The van der Waals surface area contributed by atoms with Gasteiger partial charge in [0.1, 0.15) is 12.4 Å². The van der Waals surface area contributed by atoms with Crippen LogP contribution in [0.3, 0.4) is 0 Å². The van der Waals surface area contributed by atoms with E-state index in [0.717, 1.165) is 16.9 Å². The van der Waals surface area contributed by atoms with Crippen LogP contribution in [0.15, 0.2) is 54.6 Å². The second-order valence-corrected chi connectivity index (χ2v) is 6.97. The molecule has 0 unspecified atom stereocenters. The Morgan fingerprint density at radius 2 is 1.72 bits per heavy atom. The fourth-order valence-corrected chi connectivity index (χ4v) is 3.52. The number of amides is 2. The van der Waals surface area contributed by atoms with Crippen molar-refractivity contribution in [2.45, 2.75) is 13.0 Å². The highest BCUT2D eigenvalue weighted by atomic mass is 16.5. The molecule has 1 aliphatic heterocycles. The number of carbonyl (C=O) groups excluding carboxylic acids is 2. The molecule has 1 fully saturated rings. The number of nitrogens with one attached hydrogen (secondary N) is 1. The molecule has 1 aliphatic rings. The zero-order chi connectivity index (χ0) is 20.1. The fraction of sp³-hybridized carbons (Fsp3) is 0.318. The summed E-state index contributed by atoms with van der Waals surface area (Å²) in [5.74, 6) is 0.741. The number of fused-ring (bicyclic) bond motifs is 1. The molecule has 0 aliphatic carbocycles. The molecule has 3 aromatic rings. The largest absolute Gasteiger partial charge is 0.378 e. The van der Waals surface area contributed by atoms with Gasteiger partial charge in [-0.2, -0.15) is 0 Å². The van der Waals surface area contributed by atoms with Gasteiger partial charge in [-0.15, -0.1) is 0 Å². The first-order chi connectivity index (χ1) is 14.2. The summed E-state index contributed by atoms with van der Waals surface area (Å²) in [7, 11) is 0. The molecule has 0 spiro atoms. The van der Waals surface area contributed by atoms with Crippen LogP contribution in [0.4, 0.5) is 0 Å². The molecule has 1 aromatic heterocycles. The highest BCUT2D eigenvalue weighted by Crippen LogP contribution is 2.17. The maximum absolute atomic E-state index is 12.8. The van der Waals surface area contributed by atoms with Crippen LogP contribution in [0.1, 0.15) is 16.2 Å². The minimum Gasteiger partial charge on any atom is -0.378 e. The number of imidazole rings is 1. The Kier molecular flexibility index (Phi) is 5.86. The zero-order valence-corrected chi connectivity index (χ0v) is 16.2. The summed E-state index contributed by atoms with van der Waals surface area (Å²) in [6.45, 7) is 3.08. The summed E-state index contributed by atoms with van der Waals surface area (Å²) < 4.78 is 7.30. The number of hydrogen-bond donors (Lipinski definition) is 1. The van der Waals surface area contributed by atoms with Gasteiger partial charge in [0.25, 0.3) is 5.91 Å². The summed E-state index contributed by atoms with van der Waals surface area (Å²) >= 11 is 0. The molecular formula is C22H24N4O3. The van der Waals surface area contributed by atoms with Crippen LogP contribution in [-0.4, -0.2) is 59.1 Å². The first-order valence-corrected chi connectivity index (χ1v) is 9.85. The van der Waals surface area contributed by atoms with Crippen LogP contribution >= 0.6 is 0 Å². The van der Waals surface area contributed by atoms with E-state index < -0.39 is 0 Å². The molecule has 0 bridgehead atoms. The van der Waals surface area contributed by atoms with E-state index in [-0.39, 0.29) is 18.4 Å². The molecule has 2 aromatic carbocycles. The lowest BCUT2D eigenvalue weighted by Crippen LogP contribution is -2.42. The average molecular weight is 392 g/mol. The van der Waals surface area contributed by atoms with Gasteiger partial charge in [0.2, 0.25) is 5.91 Å². The van der Waals surface area contributed by atoms with E-state index in [0.29, 0.717) is 44.8 Å². The van der Waals surface area contributed by atoms with Gasteiger partial charge in [-0.25, -0.2) is 4.98 Å². The molecule has 150 valence electrons. The molecule has 0 atom stereocenters. The molecule has 1 saturated heterocycles. The summed E-state index contributed by atoms with van der Waals surface area (Å²) in [5.41, 5.74) is 2.41. The quantitative estimate of drug-likeness (QED) is 0.695. The van der Waals surface area contributed by atoms with Crippen molar-refractivity contribution in [3.63, 3.8) is 0 Å². The monoisotopic (exact) mass is 392 g/mol. The average Bonchev–Trinajstić information content (AvgIpc) is 3.12. The van der Waals surface area contributed by atoms with Gasteiger partial charge >= 0.3 is 0 Å². The number of nitrogens with zero attached hydrogens (tertiary/aromatic N) is 3. The van der Waals surface area contributed by atoms with Crippen molar-refractivity contribution in [3.8, 4) is 0 Å². The lowest BCUT2D eigenvalue weighted by molar-refractivity contribution is -0.135. The SMILES string of the molecule is O=C(NCCc1nc2ccccc2n1CC(=O)N1CCOCC1)c1ccccc1. The summed E-state index contributed by atoms with van der Waals surface area (Å²) in [5, 5.41) is 2.93. The molecular weight excluding hydrogens is 368 g/mol. The second kappa shape index (κ2) is 8.87. The summed E-state index contributed by atoms with van der Waals surface area (Å²) in [6.07, 6.45) is 0.545. The van der Waals surface area contributed by atoms with E-state index in [1.54, 1.807) is 12.1 Å². The lowest BCUT2D eigenvalue weighted by Gasteiger charge is -2.27. The van der Waals surface area contributed by atoms with Crippen LogP contribution in [0.5, 0.6) is 0 Å². The Morgan fingerprint density at radius 1 is 1.00 bits per heavy atom. The van der Waals surface area contributed by atoms with E-state index in [9.17, 15) is 9.59 Å². The summed E-state index contributed by atoms with van der Waals surface area (Å²) in [6, 6.07) is 16.9. The number of para-hydroxylation sites is 2. The lowest BCUT2D eigenvalue weighted by atomic mass is 10.2. The van der Waals surface area contributed by atoms with E-state index in [1.165, 1.54) is 0 Å². The Morgan fingerprint density at radius 3 is 2.52 bits per heavy atom. The van der Waals surface area contributed by atoms with Crippen molar-refractivity contribution in [3.05, 3.63) is 66.0 Å². The number of rotatable bonds is 6. The zero-order valence-electron chi connectivity index (χ0n) is 16.2. The van der Waals surface area contributed by atoms with Crippen molar-refractivity contribution in [1.29, 1.82) is 0 Å². The molecule has 1 N–H and O–H groups in total. The highest BCUT2D eigenvalue weighted by Gasteiger charge is 2.20. The van der Waals surface area contributed by atoms with E-state index >= 15 is 0 Å². The Bertz CT molecular complexity index is 994. The second-order valence-electron chi connectivity index (χ2n) is 6.97. The van der Waals surface area contributed by atoms with Gasteiger partial charge in [0.05, 0.1) is 24.2 Å². The first kappa shape index (κ1) is 19.1. The first-order valence-electron chi connectivity index (χ1n) is 9.85. The molecule has 7 nitrogen and oxygen atoms in total. The summed E-state index contributed by atoms with van der Waals surface area (Å²) in [4.78, 5) is 31.6.